The van der Waals surface area contributed by atoms with E-state index in [-0.39, 0.29) is 0 Å². The zero-order chi connectivity index (χ0) is 14.2. The fourth-order valence-corrected chi connectivity index (χ4v) is 4.51. The van der Waals surface area contributed by atoms with Gasteiger partial charge in [-0.2, -0.15) is 0 Å². The van der Waals surface area contributed by atoms with Crippen LogP contribution in [0.15, 0.2) is 29.2 Å². The molecule has 1 atom stereocenters. The first-order valence-corrected chi connectivity index (χ1v) is 9.28. The summed E-state index contributed by atoms with van der Waals surface area (Å²) in [6.45, 7) is 3.27. The molecule has 0 aromatic heterocycles. The molecular formula is C17H26ClNS. The van der Waals surface area contributed by atoms with Crippen molar-refractivity contribution in [3.8, 4) is 0 Å². The van der Waals surface area contributed by atoms with Crippen molar-refractivity contribution in [3.63, 3.8) is 0 Å². The Hall–Kier alpha value is -0.180. The molecule has 1 saturated carbocycles. The number of hydrogen-bond donors (Lipinski definition) is 1. The van der Waals surface area contributed by atoms with Crippen molar-refractivity contribution in [2.45, 2.75) is 56.4 Å². The molecule has 1 nitrogen and oxygen atoms in total. The molecule has 112 valence electrons. The van der Waals surface area contributed by atoms with Crippen molar-refractivity contribution < 1.29 is 0 Å². The molecule has 1 fully saturated rings. The molecule has 0 spiro atoms. The Labute approximate surface area is 132 Å². The van der Waals surface area contributed by atoms with Crippen LogP contribution in [0.3, 0.4) is 0 Å². The Bertz CT molecular complexity index is 388. The molecule has 2 rings (SSSR count). The summed E-state index contributed by atoms with van der Waals surface area (Å²) in [5.41, 5.74) is 0. The number of nitrogens with one attached hydrogen (secondary N) is 1. The number of rotatable bonds is 6. The summed E-state index contributed by atoms with van der Waals surface area (Å²) in [6.07, 6.45) is 8.44. The number of thioether (sulfide) groups is 1. The highest BCUT2D eigenvalue weighted by Gasteiger charge is 2.22. The Morgan fingerprint density at radius 3 is 2.55 bits per heavy atom. The zero-order valence-corrected chi connectivity index (χ0v) is 14.0. The lowest BCUT2D eigenvalue weighted by molar-refractivity contribution is 0.347. The molecule has 1 N–H and O–H groups in total. The minimum atomic E-state index is 0.624. The quantitative estimate of drug-likeness (QED) is 0.559. The maximum absolute atomic E-state index is 6.26. The van der Waals surface area contributed by atoms with E-state index in [9.17, 15) is 0 Å². The summed E-state index contributed by atoms with van der Waals surface area (Å²) in [6, 6.07) is 8.81. The highest BCUT2D eigenvalue weighted by molar-refractivity contribution is 7.99. The van der Waals surface area contributed by atoms with Crippen LogP contribution in [0, 0.1) is 5.92 Å². The Morgan fingerprint density at radius 1 is 1.20 bits per heavy atom. The number of halogens is 1. The van der Waals surface area contributed by atoms with Crippen molar-refractivity contribution in [1.82, 2.24) is 5.32 Å². The molecule has 20 heavy (non-hydrogen) atoms. The molecule has 0 bridgehead atoms. The third-order valence-corrected chi connectivity index (χ3v) is 5.82. The second kappa shape index (κ2) is 8.96. The van der Waals surface area contributed by atoms with Crippen LogP contribution < -0.4 is 5.32 Å². The molecule has 0 heterocycles. The van der Waals surface area contributed by atoms with Crippen LogP contribution in [-0.4, -0.2) is 18.3 Å². The van der Waals surface area contributed by atoms with Gasteiger partial charge in [0, 0.05) is 16.7 Å². The summed E-state index contributed by atoms with van der Waals surface area (Å²) in [5.74, 6) is 1.97. The van der Waals surface area contributed by atoms with E-state index in [1.807, 2.05) is 23.9 Å². The van der Waals surface area contributed by atoms with Crippen molar-refractivity contribution in [2.24, 2.45) is 5.92 Å². The van der Waals surface area contributed by atoms with E-state index in [1.165, 1.54) is 43.4 Å². The average Bonchev–Trinajstić information content (AvgIpc) is 2.74. The molecule has 1 aliphatic rings. The van der Waals surface area contributed by atoms with Gasteiger partial charge in [0.15, 0.2) is 0 Å². The van der Waals surface area contributed by atoms with Crippen LogP contribution in [0.5, 0.6) is 0 Å². The fourth-order valence-electron chi connectivity index (χ4n) is 3.08. The van der Waals surface area contributed by atoms with E-state index in [4.69, 9.17) is 11.6 Å². The Kier molecular flexibility index (Phi) is 7.26. The van der Waals surface area contributed by atoms with E-state index < -0.39 is 0 Å². The van der Waals surface area contributed by atoms with E-state index in [0.29, 0.717) is 6.04 Å². The molecule has 1 unspecified atom stereocenters. The third kappa shape index (κ3) is 4.98. The lowest BCUT2D eigenvalue weighted by atomic mass is 9.93. The van der Waals surface area contributed by atoms with Crippen LogP contribution in [0.4, 0.5) is 0 Å². The zero-order valence-electron chi connectivity index (χ0n) is 12.4. The molecule has 0 amide bonds. The van der Waals surface area contributed by atoms with Gasteiger partial charge in [0.25, 0.3) is 0 Å². The van der Waals surface area contributed by atoms with E-state index in [0.717, 1.165) is 23.2 Å². The van der Waals surface area contributed by atoms with Gasteiger partial charge in [0.05, 0.1) is 5.02 Å². The lowest BCUT2D eigenvalue weighted by Crippen LogP contribution is -2.38. The Morgan fingerprint density at radius 2 is 1.90 bits per heavy atom. The van der Waals surface area contributed by atoms with Gasteiger partial charge < -0.3 is 5.32 Å². The van der Waals surface area contributed by atoms with Crippen LogP contribution in [0.2, 0.25) is 5.02 Å². The van der Waals surface area contributed by atoms with Gasteiger partial charge in [-0.25, -0.2) is 0 Å². The van der Waals surface area contributed by atoms with Gasteiger partial charge in [-0.15, -0.1) is 11.8 Å². The smallest absolute Gasteiger partial charge is 0.0541 e. The van der Waals surface area contributed by atoms with E-state index >= 15 is 0 Å². The predicted octanol–water partition coefficient (Wildman–Crippen LogP) is 5.38. The second-order valence-electron chi connectivity index (χ2n) is 5.66. The van der Waals surface area contributed by atoms with Crippen molar-refractivity contribution in [3.05, 3.63) is 29.3 Å². The first-order valence-electron chi connectivity index (χ1n) is 7.92. The highest BCUT2D eigenvalue weighted by atomic mass is 35.5. The minimum Gasteiger partial charge on any atom is -0.313 e. The second-order valence-corrected chi connectivity index (χ2v) is 7.13. The van der Waals surface area contributed by atoms with Crippen molar-refractivity contribution in [2.75, 3.05) is 12.3 Å². The SMILES string of the molecule is CCNC(CSc1ccccc1Cl)C1CCCCCC1. The summed E-state index contributed by atoms with van der Waals surface area (Å²) in [4.78, 5) is 1.21. The van der Waals surface area contributed by atoms with E-state index in [2.05, 4.69) is 24.4 Å². The van der Waals surface area contributed by atoms with Gasteiger partial charge in [-0.1, -0.05) is 56.3 Å². The van der Waals surface area contributed by atoms with Crippen LogP contribution >= 0.6 is 23.4 Å². The highest BCUT2D eigenvalue weighted by Crippen LogP contribution is 2.31. The summed E-state index contributed by atoms with van der Waals surface area (Å²) >= 11 is 8.16. The molecule has 1 aromatic carbocycles. The molecule has 0 radical (unpaired) electrons. The fraction of sp³-hybridized carbons (Fsp3) is 0.647. The molecule has 0 aliphatic heterocycles. The third-order valence-electron chi connectivity index (χ3n) is 4.19. The maximum Gasteiger partial charge on any atom is 0.0541 e. The molecule has 0 saturated heterocycles. The van der Waals surface area contributed by atoms with Gasteiger partial charge in [-0.3, -0.25) is 0 Å². The topological polar surface area (TPSA) is 12.0 Å². The maximum atomic E-state index is 6.26. The summed E-state index contributed by atoms with van der Waals surface area (Å²) in [5, 5.41) is 4.59. The predicted molar refractivity (Wildman–Crippen MR) is 90.8 cm³/mol. The molecule has 1 aromatic rings. The largest absolute Gasteiger partial charge is 0.313 e. The standard InChI is InChI=1S/C17H26ClNS/c1-2-19-16(14-9-5-3-4-6-10-14)13-20-17-12-8-7-11-15(17)18/h7-8,11-12,14,16,19H,2-6,9-10,13H2,1H3. The number of hydrogen-bond acceptors (Lipinski definition) is 2. The first kappa shape index (κ1) is 16.2. The first-order chi connectivity index (χ1) is 9.81. The van der Waals surface area contributed by atoms with Crippen molar-refractivity contribution in [1.29, 1.82) is 0 Å². The van der Waals surface area contributed by atoms with Gasteiger partial charge in [0.2, 0.25) is 0 Å². The monoisotopic (exact) mass is 311 g/mol. The van der Waals surface area contributed by atoms with Crippen molar-refractivity contribution >= 4 is 23.4 Å². The van der Waals surface area contributed by atoms with Gasteiger partial charge in [-0.05, 0) is 37.4 Å². The van der Waals surface area contributed by atoms with Gasteiger partial charge in [0.1, 0.15) is 0 Å². The normalized spacial score (nSPS) is 18.7. The van der Waals surface area contributed by atoms with E-state index in [1.54, 1.807) is 0 Å². The molecule has 3 heteroatoms. The van der Waals surface area contributed by atoms with Crippen LogP contribution in [0.1, 0.15) is 45.4 Å². The number of benzene rings is 1. The molecule has 1 aliphatic carbocycles. The molecular weight excluding hydrogens is 286 g/mol. The van der Waals surface area contributed by atoms with Crippen LogP contribution in [-0.2, 0) is 0 Å². The lowest BCUT2D eigenvalue weighted by Gasteiger charge is -2.27. The Balaban J connectivity index is 1.92. The van der Waals surface area contributed by atoms with Gasteiger partial charge >= 0.3 is 0 Å². The van der Waals surface area contributed by atoms with Crippen LogP contribution in [0.25, 0.3) is 0 Å². The average molecular weight is 312 g/mol. The minimum absolute atomic E-state index is 0.624. The summed E-state index contributed by atoms with van der Waals surface area (Å²) in [7, 11) is 0. The summed E-state index contributed by atoms with van der Waals surface area (Å²) < 4.78 is 0.